The molecule has 1 atom stereocenters. The van der Waals surface area contributed by atoms with E-state index in [4.69, 9.17) is 18.3 Å². The normalized spacial score (nSPS) is 13.3. The van der Waals surface area contributed by atoms with Crippen LogP contribution in [0.1, 0.15) is 20.8 Å². The van der Waals surface area contributed by atoms with Crippen molar-refractivity contribution in [2.24, 2.45) is 0 Å². The minimum absolute atomic E-state index is 0.168. The number of hydrogen-bond acceptors (Lipinski definition) is 7. The van der Waals surface area contributed by atoms with Crippen LogP contribution in [0.25, 0.3) is 21.9 Å². The van der Waals surface area contributed by atoms with Crippen molar-refractivity contribution in [1.29, 1.82) is 0 Å². The van der Waals surface area contributed by atoms with Gasteiger partial charge < -0.3 is 28.5 Å². The summed E-state index contributed by atoms with van der Waals surface area (Å²) in [6.07, 6.45) is 0.332. The van der Waals surface area contributed by atoms with Crippen LogP contribution in [0.15, 0.2) is 38.1 Å². The molecule has 0 aliphatic carbocycles. The van der Waals surface area contributed by atoms with Gasteiger partial charge in [-0.05, 0) is 32.9 Å². The molecule has 25 heavy (non-hydrogen) atoms. The first kappa shape index (κ1) is 17.3. The van der Waals surface area contributed by atoms with Crippen LogP contribution >= 0.6 is 0 Å². The molecule has 0 saturated heterocycles. The van der Waals surface area contributed by atoms with Crippen LogP contribution in [0.2, 0.25) is 0 Å². The number of aliphatic hydroxyl groups is 2. The summed E-state index contributed by atoms with van der Waals surface area (Å²) in [5.41, 5.74) is -1.38. The lowest BCUT2D eigenvalue weighted by atomic mass is 10.0. The second-order valence-electron chi connectivity index (χ2n) is 6.23. The highest BCUT2D eigenvalue weighted by Gasteiger charge is 2.27. The van der Waals surface area contributed by atoms with Crippen LogP contribution in [0, 0.1) is 0 Å². The summed E-state index contributed by atoms with van der Waals surface area (Å²) in [4.78, 5) is 11.7. The van der Waals surface area contributed by atoms with Crippen LogP contribution in [-0.4, -0.2) is 35.1 Å². The van der Waals surface area contributed by atoms with Gasteiger partial charge in [0.2, 0.25) is 5.75 Å². The van der Waals surface area contributed by atoms with Gasteiger partial charge in [-0.15, -0.1) is 0 Å². The molecular weight excluding hydrogens is 328 g/mol. The van der Waals surface area contributed by atoms with Gasteiger partial charge in [0.05, 0.1) is 29.2 Å². The SMILES string of the molecule is CCOc1c2ccoc2c(OC[C@@H](O)C(C)(C)O)c2oc(=O)ccc12. The fourth-order valence-corrected chi connectivity index (χ4v) is 2.47. The van der Waals surface area contributed by atoms with Gasteiger partial charge in [-0.25, -0.2) is 4.79 Å². The smallest absolute Gasteiger partial charge is 0.336 e. The second-order valence-corrected chi connectivity index (χ2v) is 6.23. The third-order valence-corrected chi connectivity index (χ3v) is 3.89. The van der Waals surface area contributed by atoms with Crippen LogP contribution in [0.4, 0.5) is 0 Å². The Hall–Kier alpha value is -2.51. The van der Waals surface area contributed by atoms with Gasteiger partial charge >= 0.3 is 5.63 Å². The molecule has 7 nitrogen and oxygen atoms in total. The number of furan rings is 1. The number of ether oxygens (including phenoxy) is 2. The molecule has 1 aromatic carbocycles. The molecule has 0 spiro atoms. The Morgan fingerprint density at radius 1 is 1.12 bits per heavy atom. The van der Waals surface area contributed by atoms with Crippen molar-refractivity contribution in [1.82, 2.24) is 0 Å². The molecule has 2 aromatic heterocycles. The zero-order chi connectivity index (χ0) is 18.2. The molecular formula is C18H20O7. The predicted molar refractivity (Wildman–Crippen MR) is 91.2 cm³/mol. The number of benzene rings is 1. The summed E-state index contributed by atoms with van der Waals surface area (Å²) in [7, 11) is 0. The van der Waals surface area contributed by atoms with Crippen molar-refractivity contribution in [2.45, 2.75) is 32.5 Å². The quantitative estimate of drug-likeness (QED) is 0.660. The topological polar surface area (TPSA) is 102 Å². The first-order chi connectivity index (χ1) is 11.8. The number of rotatable bonds is 6. The molecule has 0 fully saturated rings. The molecule has 3 aromatic rings. The molecule has 0 amide bonds. The summed E-state index contributed by atoms with van der Waals surface area (Å²) in [5, 5.41) is 21.1. The number of aliphatic hydroxyl groups excluding tert-OH is 1. The number of fused-ring (bicyclic) bond motifs is 2. The second kappa shape index (κ2) is 6.42. The Balaban J connectivity index is 2.18. The molecule has 3 rings (SSSR count). The first-order valence-corrected chi connectivity index (χ1v) is 7.96. The van der Waals surface area contributed by atoms with E-state index in [1.54, 1.807) is 12.1 Å². The monoisotopic (exact) mass is 348 g/mol. The molecule has 0 radical (unpaired) electrons. The van der Waals surface area contributed by atoms with Gasteiger partial charge in [-0.2, -0.15) is 0 Å². The van der Waals surface area contributed by atoms with Crippen LogP contribution in [0.5, 0.6) is 11.5 Å². The van der Waals surface area contributed by atoms with Gasteiger partial charge in [0, 0.05) is 6.07 Å². The predicted octanol–water partition coefficient (Wildman–Crippen LogP) is 2.45. The van der Waals surface area contributed by atoms with Gasteiger partial charge in [0.1, 0.15) is 18.5 Å². The molecule has 2 N–H and O–H groups in total. The Kier molecular flexibility index (Phi) is 4.45. The van der Waals surface area contributed by atoms with Crippen LogP contribution < -0.4 is 15.1 Å². The lowest BCUT2D eigenvalue weighted by molar-refractivity contribution is -0.0660. The average molecular weight is 348 g/mol. The maximum absolute atomic E-state index is 11.7. The van der Waals surface area contributed by atoms with E-state index < -0.39 is 17.3 Å². The van der Waals surface area contributed by atoms with Gasteiger partial charge in [0.15, 0.2) is 11.2 Å². The zero-order valence-corrected chi connectivity index (χ0v) is 14.2. The summed E-state index contributed by atoms with van der Waals surface area (Å²) >= 11 is 0. The molecule has 2 heterocycles. The molecule has 0 saturated carbocycles. The van der Waals surface area contributed by atoms with Gasteiger partial charge in [0.25, 0.3) is 0 Å². The van der Waals surface area contributed by atoms with Gasteiger partial charge in [-0.1, -0.05) is 0 Å². The molecule has 0 bridgehead atoms. The lowest BCUT2D eigenvalue weighted by Gasteiger charge is -2.24. The average Bonchev–Trinajstić information content (AvgIpc) is 3.02. The third kappa shape index (κ3) is 3.20. The van der Waals surface area contributed by atoms with Crippen molar-refractivity contribution < 1.29 is 28.5 Å². The van der Waals surface area contributed by atoms with Gasteiger partial charge in [-0.3, -0.25) is 0 Å². The fourth-order valence-electron chi connectivity index (χ4n) is 2.47. The molecule has 0 aliphatic heterocycles. The summed E-state index contributed by atoms with van der Waals surface area (Å²) < 4.78 is 22.2. The summed E-state index contributed by atoms with van der Waals surface area (Å²) in [6.45, 7) is 5.01. The largest absolute Gasteiger partial charge is 0.492 e. The minimum atomic E-state index is -1.34. The maximum Gasteiger partial charge on any atom is 0.336 e. The highest BCUT2D eigenvalue weighted by Crippen LogP contribution is 2.42. The standard InChI is InChI=1S/C18H20O7/c1-4-22-14-10-5-6-13(20)25-16(10)17(15-11(14)7-8-23-15)24-9-12(19)18(2,3)21/h5-8,12,19,21H,4,9H2,1-3H3/t12-/m1/s1. The zero-order valence-electron chi connectivity index (χ0n) is 14.2. The Labute approximate surface area is 143 Å². The fraction of sp³-hybridized carbons (Fsp3) is 0.389. The van der Waals surface area contributed by atoms with Crippen molar-refractivity contribution in [3.63, 3.8) is 0 Å². The van der Waals surface area contributed by atoms with E-state index in [1.165, 1.54) is 26.2 Å². The van der Waals surface area contributed by atoms with E-state index in [9.17, 15) is 15.0 Å². The van der Waals surface area contributed by atoms with Crippen molar-refractivity contribution in [3.05, 3.63) is 34.9 Å². The van der Waals surface area contributed by atoms with Crippen molar-refractivity contribution >= 4 is 21.9 Å². The molecule has 0 aliphatic rings. The van der Waals surface area contributed by atoms with E-state index in [1.807, 2.05) is 6.92 Å². The highest BCUT2D eigenvalue weighted by atomic mass is 16.5. The van der Waals surface area contributed by atoms with E-state index in [-0.39, 0.29) is 17.9 Å². The van der Waals surface area contributed by atoms with E-state index >= 15 is 0 Å². The summed E-state index contributed by atoms with van der Waals surface area (Å²) in [6, 6.07) is 4.62. The molecule has 0 unspecified atom stereocenters. The highest BCUT2D eigenvalue weighted by molar-refractivity contribution is 6.06. The van der Waals surface area contributed by atoms with E-state index in [0.717, 1.165) is 0 Å². The van der Waals surface area contributed by atoms with Crippen molar-refractivity contribution in [3.8, 4) is 11.5 Å². The van der Waals surface area contributed by atoms with E-state index in [0.29, 0.717) is 28.7 Å². The molecule has 7 heteroatoms. The van der Waals surface area contributed by atoms with Crippen molar-refractivity contribution in [2.75, 3.05) is 13.2 Å². The Bertz CT molecular complexity index is 946. The number of hydrogen-bond donors (Lipinski definition) is 2. The van der Waals surface area contributed by atoms with Crippen LogP contribution in [-0.2, 0) is 0 Å². The molecule has 134 valence electrons. The third-order valence-electron chi connectivity index (χ3n) is 3.89. The van der Waals surface area contributed by atoms with E-state index in [2.05, 4.69) is 0 Å². The van der Waals surface area contributed by atoms with Crippen LogP contribution in [0.3, 0.4) is 0 Å². The Morgan fingerprint density at radius 3 is 2.52 bits per heavy atom. The first-order valence-electron chi connectivity index (χ1n) is 7.96. The lowest BCUT2D eigenvalue weighted by Crippen LogP contribution is -2.40. The maximum atomic E-state index is 11.7. The Morgan fingerprint density at radius 2 is 1.84 bits per heavy atom. The minimum Gasteiger partial charge on any atom is -0.492 e. The summed E-state index contributed by atoms with van der Waals surface area (Å²) in [5.74, 6) is 0.708.